The molecule has 4 saturated heterocycles. The number of H-pyrrole nitrogens is 4. The molecule has 668 valence electrons. The maximum atomic E-state index is 16.7. The molecule has 8 amide bonds. The number of benzene rings is 6. The van der Waals surface area contributed by atoms with E-state index in [2.05, 4.69) is 41.2 Å². The Hall–Kier alpha value is -12.6. The van der Waals surface area contributed by atoms with E-state index in [1.165, 1.54) is 40.6 Å². The molecule has 12 atom stereocenters. The van der Waals surface area contributed by atoms with Crippen LogP contribution in [-0.4, -0.2) is 185 Å². The van der Waals surface area contributed by atoms with Crippen LogP contribution in [0.1, 0.15) is 195 Å². The molecule has 8 fully saturated rings. The Balaban J connectivity index is 0.000000167. The Morgan fingerprint density at radius 3 is 1.11 bits per heavy atom. The number of piperidine rings is 2. The first-order valence-corrected chi connectivity index (χ1v) is 44.4. The highest BCUT2D eigenvalue weighted by Gasteiger charge is 2.59. The number of carbonyl (C=O) groups is 8. The SMILES string of the molecule is COC(=O)N[C@@H](C)C(=O)N1[C@@H]2CC[C@@H](C2)[C@H]1c1nc2ccc(-c3ccc4c(c3)C(F)(F)c3cc(-c5cnc([C@@H]6CC7(CC7)CN6C(=O)[C@@H](NC(=O)OC)C(C)C)[nH]5)ccc3-4)cc2[nH]1.COC(=O)N[C@H](C(=O)N1CC2(CC2)C[C@H]1c1ncc(-c2ccc3c(c2)C(F)(F)c2cc(-c4ccc5nc([C@@H]6[C@H]7CC[C@H](C7)N6C(=O)[C@@H](NC(=O)OC)C(C)C)[nH]c5c4)ccc2-3)[nH]1)C(C)C. The van der Waals surface area contributed by atoms with E-state index in [1.54, 1.807) is 65.5 Å². The van der Waals surface area contributed by atoms with Crippen molar-refractivity contribution in [2.24, 2.45) is 40.4 Å². The normalized spacial score (nSPS) is 23.0. The summed E-state index contributed by atoms with van der Waals surface area (Å²) in [5, 5.41) is 10.7. The Labute approximate surface area is 735 Å². The summed E-state index contributed by atoms with van der Waals surface area (Å²) in [7, 11) is 5.07. The molecule has 8 N–H and O–H groups in total. The van der Waals surface area contributed by atoms with E-state index in [0.717, 1.165) is 99.2 Å². The van der Waals surface area contributed by atoms with E-state index >= 15 is 17.6 Å². The number of aromatic nitrogens is 8. The van der Waals surface area contributed by atoms with E-state index in [4.69, 9.17) is 38.9 Å². The van der Waals surface area contributed by atoms with Gasteiger partial charge in [-0.1, -0.05) is 102 Å². The fourth-order valence-corrected chi connectivity index (χ4v) is 21.7. The van der Waals surface area contributed by atoms with E-state index in [-0.39, 0.29) is 123 Å². The Kier molecular flexibility index (Phi) is 21.2. The number of alkyl halides is 4. The van der Waals surface area contributed by atoms with Crippen molar-refractivity contribution < 1.29 is 74.9 Å². The summed E-state index contributed by atoms with van der Waals surface area (Å²) < 4.78 is 85.7. The van der Waals surface area contributed by atoms with Crippen molar-refractivity contribution in [2.75, 3.05) is 41.5 Å². The number of amides is 8. The van der Waals surface area contributed by atoms with Crippen LogP contribution in [0.15, 0.2) is 122 Å². The molecule has 32 heteroatoms. The molecule has 0 radical (unpaired) electrons. The average Bonchev–Trinajstić information content (AvgIpc) is 1.55. The van der Waals surface area contributed by atoms with Crippen molar-refractivity contribution in [1.82, 2.24) is 80.7 Å². The smallest absolute Gasteiger partial charge is 0.407 e. The second-order valence-electron chi connectivity index (χ2n) is 37.9. The molecule has 6 aromatic carbocycles. The number of likely N-dealkylation sites (tertiary alicyclic amines) is 4. The second-order valence-corrected chi connectivity index (χ2v) is 37.9. The molecule has 4 bridgehead atoms. The minimum absolute atomic E-state index is 0.0102. The van der Waals surface area contributed by atoms with Crippen LogP contribution >= 0.6 is 0 Å². The number of imidazole rings is 4. The highest BCUT2D eigenvalue weighted by atomic mass is 19.3. The number of nitrogens with zero attached hydrogens (tertiary/aromatic N) is 8. The minimum atomic E-state index is -3.29. The van der Waals surface area contributed by atoms with E-state index in [9.17, 15) is 38.4 Å². The van der Waals surface area contributed by atoms with Gasteiger partial charge in [0.2, 0.25) is 23.6 Å². The molecule has 8 heterocycles. The van der Waals surface area contributed by atoms with Gasteiger partial charge in [0.1, 0.15) is 47.5 Å². The standard InChI is InChI=1S/C49H54F2N8O6.C47H50F2N8O6/c1-24(2)39(56-46(62)64-5)44(60)58-23-48(15-16-48)21-38(58)42-52-22-37(55-42)28-9-13-32-31-12-8-26(18-33(31)49(50,51)34(32)19-28)27-10-14-35-36(20-27)54-43(53-35)41-29-7-11-30(17-29)59(41)45(61)40(25(3)4)57-47(63)65-6;1-23(2)38(55-45(61)63-5)43(59)56-22-46(14-15-46)20-37(56)40-50-21-36(54-40)27-8-12-31-30-11-7-25(17-32(30)47(48,49)33(31)18-27)26-9-13-34-35(19-26)53-41(52-34)39-28-6-10-29(16-28)57(39)42(58)24(3)51-44(60)62-4/h8-10,12-14,18-20,22,24-25,29-30,38-41H,7,11,15-17,21,23H2,1-6H3,(H,52,55)(H,53,54)(H,56,62)(H,57,63);7-9,11-13,17-19,21,23-24,28-29,37-39H,6,10,14-16,20,22H2,1-5H3,(H,50,54)(H,51,60)(H,52,53)(H,55,61)/t29-,30+,38-,39-,40-,41-;24-,28-,29+,37-,38-,39-/m00/s1. The Bertz CT molecular complexity index is 6160. The van der Waals surface area contributed by atoms with Gasteiger partial charge in [0, 0.05) is 58.6 Å². The summed E-state index contributed by atoms with van der Waals surface area (Å²) >= 11 is 0. The number of methoxy groups -OCH3 is 4. The molecule has 4 aliphatic heterocycles. The van der Waals surface area contributed by atoms with Crippen molar-refractivity contribution in [3.63, 3.8) is 0 Å². The molecule has 4 aromatic heterocycles. The minimum Gasteiger partial charge on any atom is -0.453 e. The third kappa shape index (κ3) is 14.8. The molecule has 4 saturated carbocycles. The van der Waals surface area contributed by atoms with Crippen LogP contribution in [0.3, 0.4) is 0 Å². The summed E-state index contributed by atoms with van der Waals surface area (Å²) in [4.78, 5) is 144. The number of alkyl carbamates (subject to hydrolysis) is 4. The van der Waals surface area contributed by atoms with Gasteiger partial charge in [-0.3, -0.25) is 19.2 Å². The topological polar surface area (TPSA) is 349 Å². The van der Waals surface area contributed by atoms with Gasteiger partial charge in [-0.25, -0.2) is 39.1 Å². The summed E-state index contributed by atoms with van der Waals surface area (Å²) in [6.07, 6.45) is 11.5. The molecule has 10 aliphatic rings. The number of halogens is 4. The zero-order valence-electron chi connectivity index (χ0n) is 73.1. The predicted molar refractivity (Wildman–Crippen MR) is 465 cm³/mol. The summed E-state index contributed by atoms with van der Waals surface area (Å²) in [6, 6.07) is 27.6. The lowest BCUT2D eigenvalue weighted by molar-refractivity contribution is -0.139. The number of hydrogen-bond donors (Lipinski definition) is 8. The average molecular weight is 1750 g/mol. The van der Waals surface area contributed by atoms with Gasteiger partial charge in [0.25, 0.3) is 11.8 Å². The first kappa shape index (κ1) is 84.8. The first-order valence-electron chi connectivity index (χ1n) is 44.4. The van der Waals surface area contributed by atoms with Crippen LogP contribution < -0.4 is 21.3 Å². The Morgan fingerprint density at radius 2 is 0.742 bits per heavy atom. The lowest BCUT2D eigenvalue weighted by atomic mass is 9.95. The van der Waals surface area contributed by atoms with Gasteiger partial charge in [0.05, 0.1) is 98.5 Å². The molecule has 10 aromatic rings. The fourth-order valence-electron chi connectivity index (χ4n) is 21.7. The summed E-state index contributed by atoms with van der Waals surface area (Å²) in [5.74, 6) is -4.92. The number of hydrogen-bond acceptors (Lipinski definition) is 16. The molecule has 6 aliphatic carbocycles. The number of rotatable bonds is 19. The van der Waals surface area contributed by atoms with Gasteiger partial charge in [0.15, 0.2) is 0 Å². The predicted octanol–water partition coefficient (Wildman–Crippen LogP) is 16.6. The van der Waals surface area contributed by atoms with Crippen LogP contribution in [0.25, 0.3) is 89.1 Å². The van der Waals surface area contributed by atoms with Crippen molar-refractivity contribution in [3.05, 3.63) is 167 Å². The van der Waals surface area contributed by atoms with Gasteiger partial charge >= 0.3 is 24.4 Å². The maximum Gasteiger partial charge on any atom is 0.407 e. The van der Waals surface area contributed by atoms with Crippen LogP contribution in [-0.2, 0) is 50.0 Å². The molecule has 2 spiro atoms. The molecule has 128 heavy (non-hydrogen) atoms. The van der Waals surface area contributed by atoms with Gasteiger partial charge in [-0.05, 0) is 217 Å². The van der Waals surface area contributed by atoms with Crippen LogP contribution in [0.5, 0.6) is 0 Å². The van der Waals surface area contributed by atoms with Crippen molar-refractivity contribution in [1.29, 1.82) is 0 Å². The lowest BCUT2D eigenvalue weighted by Crippen LogP contribution is -2.54. The van der Waals surface area contributed by atoms with Crippen molar-refractivity contribution in [2.45, 2.75) is 198 Å². The third-order valence-electron chi connectivity index (χ3n) is 28.9. The zero-order valence-corrected chi connectivity index (χ0v) is 73.1. The van der Waals surface area contributed by atoms with Crippen LogP contribution in [0.4, 0.5) is 36.7 Å². The van der Waals surface area contributed by atoms with E-state index < -0.39 is 60.4 Å². The number of ether oxygens (including phenoxy) is 4. The van der Waals surface area contributed by atoms with Crippen molar-refractivity contribution >= 4 is 70.1 Å². The monoisotopic (exact) mass is 1750 g/mol. The third-order valence-corrected chi connectivity index (χ3v) is 28.9. The van der Waals surface area contributed by atoms with Crippen LogP contribution in [0, 0.1) is 40.4 Å². The quantitative estimate of drug-likeness (QED) is 0.0275. The van der Waals surface area contributed by atoms with E-state index in [1.807, 2.05) is 112 Å². The molecular formula is C96H104F4N16O12. The highest BCUT2D eigenvalue weighted by Crippen LogP contribution is 2.62. The van der Waals surface area contributed by atoms with E-state index in [0.29, 0.717) is 103 Å². The summed E-state index contributed by atoms with van der Waals surface area (Å²) in [5.41, 5.74) is 9.35. The number of fused-ring (bicyclic) bond motifs is 12. The number of aromatic amines is 4. The molecular weight excluding hydrogens is 1650 g/mol. The fraction of sp³-hybridized carbons (Fsp3) is 0.458. The zero-order chi connectivity index (χ0) is 89.8. The Morgan fingerprint density at radius 1 is 0.406 bits per heavy atom. The van der Waals surface area contributed by atoms with Crippen molar-refractivity contribution in [3.8, 4) is 67.0 Å². The first-order chi connectivity index (χ1) is 61.3. The molecule has 20 rings (SSSR count). The highest BCUT2D eigenvalue weighted by molar-refractivity contribution is 5.93. The molecule has 28 nitrogen and oxygen atoms in total. The number of carbonyl (C=O) groups excluding carboxylic acids is 8. The maximum absolute atomic E-state index is 16.7. The number of nitrogens with one attached hydrogen (secondary N) is 8. The molecule has 0 unspecified atom stereocenters. The van der Waals surface area contributed by atoms with Gasteiger partial charge in [-0.15, -0.1) is 0 Å². The van der Waals surface area contributed by atoms with Gasteiger partial charge < -0.3 is 79.8 Å². The largest absolute Gasteiger partial charge is 0.453 e. The lowest BCUT2D eigenvalue weighted by Gasteiger charge is -2.37. The second kappa shape index (κ2) is 32.0. The van der Waals surface area contributed by atoms with Gasteiger partial charge in [-0.2, -0.15) is 17.6 Å². The summed E-state index contributed by atoms with van der Waals surface area (Å²) in [6.45, 7) is 14.0. The van der Waals surface area contributed by atoms with Crippen LogP contribution in [0.2, 0.25) is 0 Å².